The van der Waals surface area contributed by atoms with E-state index in [1.54, 1.807) is 24.3 Å². The highest BCUT2D eigenvalue weighted by Crippen LogP contribution is 2.33. The molecule has 0 aliphatic carbocycles. The van der Waals surface area contributed by atoms with Gasteiger partial charge in [-0.25, -0.2) is 9.59 Å². The van der Waals surface area contributed by atoms with Crippen molar-refractivity contribution in [3.63, 3.8) is 0 Å². The van der Waals surface area contributed by atoms with Gasteiger partial charge in [0.25, 0.3) is 0 Å². The maximum atomic E-state index is 13.3. The minimum atomic E-state index is -0.889. The predicted molar refractivity (Wildman–Crippen MR) is 251 cm³/mol. The zero-order chi connectivity index (χ0) is 45.4. The number of aliphatic hydroxyl groups excluding tert-OH is 1. The van der Waals surface area contributed by atoms with E-state index in [9.17, 15) is 24.6 Å². The molecule has 3 aliphatic heterocycles. The topological polar surface area (TPSA) is 172 Å². The van der Waals surface area contributed by atoms with Crippen molar-refractivity contribution in [2.24, 2.45) is 5.92 Å². The van der Waals surface area contributed by atoms with Crippen LogP contribution < -0.4 is 25.7 Å². The van der Waals surface area contributed by atoms with Crippen LogP contribution in [0.5, 0.6) is 17.2 Å². The van der Waals surface area contributed by atoms with Crippen molar-refractivity contribution in [2.75, 3.05) is 39.4 Å². The van der Waals surface area contributed by atoms with E-state index in [0.29, 0.717) is 40.5 Å². The highest BCUT2D eigenvalue weighted by atomic mass is 16.6. The number of amides is 1. The van der Waals surface area contributed by atoms with Crippen molar-refractivity contribution < 1.29 is 38.7 Å². The molecule has 10 rings (SSSR count). The molecule has 13 heteroatoms. The summed E-state index contributed by atoms with van der Waals surface area (Å²) in [7, 11) is 0. The van der Waals surface area contributed by atoms with E-state index in [4.69, 9.17) is 18.9 Å². The number of benzene rings is 6. The second kappa shape index (κ2) is 20.3. The van der Waals surface area contributed by atoms with Gasteiger partial charge in [0.15, 0.2) is 0 Å². The molecule has 0 spiro atoms. The van der Waals surface area contributed by atoms with Gasteiger partial charge in [-0.2, -0.15) is 0 Å². The zero-order valence-electron chi connectivity index (χ0n) is 36.4. The number of H-pyrrole nitrogens is 1. The third-order valence-electron chi connectivity index (χ3n) is 12.5. The van der Waals surface area contributed by atoms with Gasteiger partial charge in [0, 0.05) is 36.5 Å². The number of ether oxygens (including phenoxy) is 4. The van der Waals surface area contributed by atoms with Gasteiger partial charge in [-0.05, 0) is 108 Å². The Labute approximate surface area is 381 Å². The van der Waals surface area contributed by atoms with Crippen LogP contribution in [-0.4, -0.2) is 77.7 Å². The largest absolute Gasteiger partial charge is 0.506 e. The molecule has 3 saturated heterocycles. The zero-order valence-corrected chi connectivity index (χ0v) is 36.4. The molecule has 2 bridgehead atoms. The molecule has 4 heterocycles. The average Bonchev–Trinajstić information content (AvgIpc) is 3.35. The third-order valence-corrected chi connectivity index (χ3v) is 12.5. The third kappa shape index (κ3) is 10.3. The van der Waals surface area contributed by atoms with Crippen molar-refractivity contribution in [1.29, 1.82) is 0 Å². The van der Waals surface area contributed by atoms with Crippen LogP contribution in [0.25, 0.3) is 21.7 Å². The molecule has 3 aliphatic rings. The minimum Gasteiger partial charge on any atom is -0.506 e. The van der Waals surface area contributed by atoms with Crippen LogP contribution in [0, 0.1) is 5.92 Å². The predicted octanol–water partition coefficient (Wildman–Crippen LogP) is 7.93. The Kier molecular flexibility index (Phi) is 13.6. The van der Waals surface area contributed by atoms with Crippen molar-refractivity contribution in [3.05, 3.63) is 183 Å². The number of pyridine rings is 1. The number of esters is 1. The lowest BCUT2D eigenvalue weighted by Gasteiger charge is -2.43. The number of aliphatic hydroxyl groups is 1. The summed E-state index contributed by atoms with van der Waals surface area (Å²) in [4.78, 5) is 43.0. The van der Waals surface area contributed by atoms with E-state index in [1.165, 1.54) is 12.1 Å². The Balaban J connectivity index is 0.747. The summed E-state index contributed by atoms with van der Waals surface area (Å²) in [6.07, 6.45) is 0.709. The van der Waals surface area contributed by atoms with Crippen LogP contribution >= 0.6 is 0 Å². The van der Waals surface area contributed by atoms with Crippen LogP contribution in [0.15, 0.2) is 144 Å². The Morgan fingerprint density at radius 3 is 2.33 bits per heavy atom. The summed E-state index contributed by atoms with van der Waals surface area (Å²) in [6.45, 7) is 4.10. The molecule has 1 aromatic heterocycles. The number of hydrogen-bond acceptors (Lipinski definition) is 11. The summed E-state index contributed by atoms with van der Waals surface area (Å²) in [6, 6.07) is 41.9. The maximum absolute atomic E-state index is 13.3. The number of carbonyl (C=O) groups is 2. The molecule has 338 valence electrons. The molecule has 13 nitrogen and oxygen atoms in total. The molecule has 3 fully saturated rings. The first-order valence-corrected chi connectivity index (χ1v) is 22.4. The number of aromatic hydroxyl groups is 1. The lowest BCUT2D eigenvalue weighted by atomic mass is 9.86. The Bertz CT molecular complexity index is 2860. The molecule has 0 radical (unpaired) electrons. The van der Waals surface area contributed by atoms with E-state index in [1.807, 2.05) is 103 Å². The van der Waals surface area contributed by atoms with Gasteiger partial charge in [0.05, 0.1) is 23.2 Å². The number of aromatic amines is 1. The highest BCUT2D eigenvalue weighted by Gasteiger charge is 2.37. The Morgan fingerprint density at radius 1 is 0.773 bits per heavy atom. The SMILES string of the molecule is O=C(NC(c1ccccc1)c1cccc(OCc2ccc(C(=O)OCCOc3ccc(CNC[C@H](O)c4ccc(O)c5[nH]c(=O)ccc45)c4ccccc34)cc2)c1)O[C@H]1CN2CCC1CC2. The van der Waals surface area contributed by atoms with E-state index in [2.05, 4.69) is 20.5 Å². The van der Waals surface area contributed by atoms with Gasteiger partial charge in [-0.15, -0.1) is 0 Å². The number of phenols is 1. The molecule has 6 aromatic carbocycles. The number of alkyl carbamates (subject to hydrolysis) is 1. The molecule has 5 N–H and O–H groups in total. The van der Waals surface area contributed by atoms with Crippen molar-refractivity contribution in [1.82, 2.24) is 20.5 Å². The summed E-state index contributed by atoms with van der Waals surface area (Å²) < 4.78 is 23.8. The second-order valence-electron chi connectivity index (χ2n) is 16.8. The van der Waals surface area contributed by atoms with Gasteiger partial charge < -0.3 is 44.8 Å². The lowest BCUT2D eigenvalue weighted by Crippen LogP contribution is -2.52. The number of fused-ring (bicyclic) bond motifs is 5. The first-order chi connectivity index (χ1) is 32.3. The number of hydrogen-bond donors (Lipinski definition) is 5. The van der Waals surface area contributed by atoms with Crippen LogP contribution in [0.2, 0.25) is 0 Å². The van der Waals surface area contributed by atoms with Crippen molar-refractivity contribution in [2.45, 2.75) is 44.2 Å². The van der Waals surface area contributed by atoms with E-state index in [0.717, 1.165) is 65.5 Å². The smallest absolute Gasteiger partial charge is 0.408 e. The number of aromatic nitrogens is 1. The molecule has 1 unspecified atom stereocenters. The highest BCUT2D eigenvalue weighted by molar-refractivity contribution is 5.91. The normalized spacial score (nSPS) is 17.5. The lowest BCUT2D eigenvalue weighted by molar-refractivity contribution is -0.0336. The molecule has 7 aromatic rings. The molecule has 66 heavy (non-hydrogen) atoms. The number of carbonyl (C=O) groups excluding carboxylic acids is 2. The molecule has 3 atom stereocenters. The first kappa shape index (κ1) is 44.0. The number of phenolic OH excluding ortho intramolecular Hbond substituents is 1. The fourth-order valence-corrected chi connectivity index (χ4v) is 9.01. The summed E-state index contributed by atoms with van der Waals surface area (Å²) in [5.74, 6) is 1.18. The van der Waals surface area contributed by atoms with Crippen molar-refractivity contribution in [3.8, 4) is 17.2 Å². The van der Waals surface area contributed by atoms with Gasteiger partial charge in [0.2, 0.25) is 5.56 Å². The van der Waals surface area contributed by atoms with Crippen molar-refractivity contribution >= 4 is 33.7 Å². The number of nitrogens with zero attached hydrogens (tertiary/aromatic N) is 1. The van der Waals surface area contributed by atoms with Gasteiger partial charge >= 0.3 is 12.1 Å². The van der Waals surface area contributed by atoms with Crippen LogP contribution in [0.4, 0.5) is 4.79 Å². The fraction of sp³-hybridized carbons (Fsp3) is 0.264. The molecule has 1 amide bonds. The quantitative estimate of drug-likeness (QED) is 0.0444. The Morgan fingerprint density at radius 2 is 1.55 bits per heavy atom. The van der Waals surface area contributed by atoms with Crippen LogP contribution in [0.1, 0.15) is 63.2 Å². The summed E-state index contributed by atoms with van der Waals surface area (Å²) in [5, 5.41) is 30.1. The van der Waals surface area contributed by atoms with Gasteiger partial charge in [-0.1, -0.05) is 91.0 Å². The second-order valence-corrected chi connectivity index (χ2v) is 16.8. The molecular weight excluding hydrogens is 837 g/mol. The molecule has 0 saturated carbocycles. The fourth-order valence-electron chi connectivity index (χ4n) is 9.01. The number of piperidine rings is 3. The number of nitrogens with one attached hydrogen (secondary N) is 3. The van der Waals surface area contributed by atoms with Crippen LogP contribution in [0.3, 0.4) is 0 Å². The Hall–Kier alpha value is -7.19. The molecular formula is C53H52N4O9. The van der Waals surface area contributed by atoms with E-state index < -0.39 is 24.2 Å². The standard InChI is InChI=1S/C53H52N4O9/c58-45-20-18-42(44-19-22-49(60)55-51(44)45)46(59)31-54-30-39-17-21-47(43-12-5-4-11-41(39)43)63-27-28-64-52(61)37-15-13-34(14-16-37)33-65-40-10-6-9-38(29-40)50(36-7-2-1-3-8-36)56-53(62)66-48-32-57-25-23-35(48)24-26-57/h1-22,29,35,46,48,50,54,58-59H,23-28,30-33H2,(H,55,60)(H,56,62)/t46-,48-,50?/m0/s1. The minimum absolute atomic E-state index is 0.0473. The monoisotopic (exact) mass is 888 g/mol. The van der Waals surface area contributed by atoms with Gasteiger partial charge in [-0.3, -0.25) is 9.69 Å². The first-order valence-electron chi connectivity index (χ1n) is 22.4. The van der Waals surface area contributed by atoms with E-state index >= 15 is 0 Å². The summed E-state index contributed by atoms with van der Waals surface area (Å²) in [5.41, 5.74) is 4.60. The summed E-state index contributed by atoms with van der Waals surface area (Å²) >= 11 is 0. The van der Waals surface area contributed by atoms with Gasteiger partial charge in [0.1, 0.15) is 43.2 Å². The number of rotatable bonds is 17. The van der Waals surface area contributed by atoms with E-state index in [-0.39, 0.29) is 49.3 Å². The average molecular weight is 889 g/mol. The van der Waals surface area contributed by atoms with Crippen LogP contribution in [-0.2, 0) is 22.6 Å². The maximum Gasteiger partial charge on any atom is 0.408 e.